The molecule has 2 N–H and O–H groups in total. The lowest BCUT2D eigenvalue weighted by Crippen LogP contribution is -2.27. The first-order valence-electron chi connectivity index (χ1n) is 5.81. The van der Waals surface area contributed by atoms with Gasteiger partial charge < -0.3 is 14.6 Å². The van der Waals surface area contributed by atoms with Crippen molar-refractivity contribution in [3.8, 4) is 5.75 Å². The van der Waals surface area contributed by atoms with Crippen LogP contribution in [-0.2, 0) is 9.53 Å². The average Bonchev–Trinajstić information content (AvgIpc) is 2.26. The molecule has 0 radical (unpaired) electrons. The molecule has 0 aromatic heterocycles. The topological polar surface area (TPSA) is 84.9 Å². The second kappa shape index (κ2) is 6.47. The molecule has 0 saturated carbocycles. The van der Waals surface area contributed by atoms with Gasteiger partial charge >= 0.3 is 12.1 Å². The number of rotatable bonds is 4. The summed E-state index contributed by atoms with van der Waals surface area (Å²) in [7, 11) is 0. The van der Waals surface area contributed by atoms with Gasteiger partial charge in [-0.3, -0.25) is 5.32 Å². The number of carbonyl (C=O) groups excluding carboxylic acids is 1. The van der Waals surface area contributed by atoms with Crippen LogP contribution in [0, 0.1) is 0 Å². The number of aliphatic carboxylic acids is 1. The molecular formula is C13H16ClNO5. The molecule has 110 valence electrons. The highest BCUT2D eigenvalue weighted by atomic mass is 35.5. The molecule has 0 aliphatic rings. The van der Waals surface area contributed by atoms with Gasteiger partial charge in [0.25, 0.3) is 0 Å². The number of nitrogens with one attached hydrogen (secondary N) is 1. The first-order valence-corrected chi connectivity index (χ1v) is 6.19. The van der Waals surface area contributed by atoms with Gasteiger partial charge in [-0.2, -0.15) is 0 Å². The van der Waals surface area contributed by atoms with Gasteiger partial charge in [0.05, 0.1) is 5.69 Å². The maximum absolute atomic E-state index is 11.7. The van der Waals surface area contributed by atoms with E-state index >= 15 is 0 Å². The summed E-state index contributed by atoms with van der Waals surface area (Å²) >= 11 is 5.80. The zero-order valence-corrected chi connectivity index (χ0v) is 12.2. The molecule has 0 spiro atoms. The number of ether oxygens (including phenoxy) is 2. The number of carboxylic acids is 1. The van der Waals surface area contributed by atoms with Gasteiger partial charge in [0, 0.05) is 11.1 Å². The van der Waals surface area contributed by atoms with E-state index in [9.17, 15) is 9.59 Å². The molecule has 0 aliphatic heterocycles. The van der Waals surface area contributed by atoms with Crippen molar-refractivity contribution in [2.75, 3.05) is 11.9 Å². The molecule has 0 aliphatic carbocycles. The zero-order valence-electron chi connectivity index (χ0n) is 11.4. The quantitative estimate of drug-likeness (QED) is 0.892. The molecular weight excluding hydrogens is 286 g/mol. The number of halogens is 1. The number of carbonyl (C=O) groups is 2. The Morgan fingerprint density at radius 3 is 2.55 bits per heavy atom. The van der Waals surface area contributed by atoms with Crippen molar-refractivity contribution in [3.05, 3.63) is 23.2 Å². The number of anilines is 1. The fraction of sp³-hybridized carbons (Fsp3) is 0.385. The highest BCUT2D eigenvalue weighted by Crippen LogP contribution is 2.28. The molecule has 0 bridgehead atoms. The molecule has 0 fully saturated rings. The summed E-state index contributed by atoms with van der Waals surface area (Å²) in [6.45, 7) is 4.66. The van der Waals surface area contributed by atoms with Gasteiger partial charge in [-0.1, -0.05) is 11.6 Å². The largest absolute Gasteiger partial charge is 0.480 e. The third-order valence-electron chi connectivity index (χ3n) is 1.93. The first kappa shape index (κ1) is 16.1. The van der Waals surface area contributed by atoms with E-state index in [-0.39, 0.29) is 11.4 Å². The second-order valence-electron chi connectivity index (χ2n) is 4.95. The zero-order chi connectivity index (χ0) is 15.3. The summed E-state index contributed by atoms with van der Waals surface area (Å²) in [5, 5.41) is 11.4. The van der Waals surface area contributed by atoms with Gasteiger partial charge in [-0.25, -0.2) is 9.59 Å². The van der Waals surface area contributed by atoms with Crippen molar-refractivity contribution in [2.24, 2.45) is 0 Å². The van der Waals surface area contributed by atoms with E-state index in [1.165, 1.54) is 12.1 Å². The predicted molar refractivity (Wildman–Crippen MR) is 74.4 cm³/mol. The predicted octanol–water partition coefficient (Wildman–Crippen LogP) is 3.15. The van der Waals surface area contributed by atoms with Crippen LogP contribution in [0.5, 0.6) is 5.75 Å². The minimum Gasteiger partial charge on any atom is -0.480 e. The average molecular weight is 302 g/mol. The third kappa shape index (κ3) is 5.79. The molecule has 0 heterocycles. The number of amides is 1. The van der Waals surface area contributed by atoms with Crippen molar-refractivity contribution in [3.63, 3.8) is 0 Å². The third-order valence-corrected chi connectivity index (χ3v) is 2.17. The lowest BCUT2D eigenvalue weighted by atomic mass is 10.2. The van der Waals surface area contributed by atoms with E-state index in [2.05, 4.69) is 5.32 Å². The van der Waals surface area contributed by atoms with E-state index in [1.54, 1.807) is 26.8 Å². The fourth-order valence-electron chi connectivity index (χ4n) is 1.27. The van der Waals surface area contributed by atoms with Gasteiger partial charge in [0.1, 0.15) is 11.4 Å². The van der Waals surface area contributed by atoms with E-state index in [1.807, 2.05) is 0 Å². The fourth-order valence-corrected chi connectivity index (χ4v) is 1.43. The lowest BCUT2D eigenvalue weighted by molar-refractivity contribution is -0.139. The molecule has 7 heteroatoms. The van der Waals surface area contributed by atoms with Crippen LogP contribution in [0.15, 0.2) is 18.2 Å². The lowest BCUT2D eigenvalue weighted by Gasteiger charge is -2.20. The smallest absolute Gasteiger partial charge is 0.412 e. The minimum atomic E-state index is -1.13. The van der Waals surface area contributed by atoms with E-state index in [0.29, 0.717) is 5.02 Å². The Bertz CT molecular complexity index is 510. The molecule has 1 amide bonds. The van der Waals surface area contributed by atoms with Crippen LogP contribution in [0.2, 0.25) is 5.02 Å². The van der Waals surface area contributed by atoms with Crippen molar-refractivity contribution in [1.82, 2.24) is 0 Å². The molecule has 1 aromatic rings. The first-order chi connectivity index (χ1) is 9.17. The summed E-state index contributed by atoms with van der Waals surface area (Å²) in [6.07, 6.45) is -0.667. The maximum Gasteiger partial charge on any atom is 0.412 e. The van der Waals surface area contributed by atoms with Gasteiger partial charge in [0.15, 0.2) is 6.61 Å². The standard InChI is InChI=1S/C13H16ClNO5/c1-13(2,3)20-12(18)15-9-5-4-8(14)6-10(9)19-7-11(16)17/h4-6H,7H2,1-3H3,(H,15,18)(H,16,17). The summed E-state index contributed by atoms with van der Waals surface area (Å²) in [6, 6.07) is 4.46. The van der Waals surface area contributed by atoms with Crippen molar-refractivity contribution in [2.45, 2.75) is 26.4 Å². The van der Waals surface area contributed by atoms with E-state index in [0.717, 1.165) is 0 Å². The van der Waals surface area contributed by atoms with Crippen LogP contribution < -0.4 is 10.1 Å². The van der Waals surface area contributed by atoms with Gasteiger partial charge in [0.2, 0.25) is 0 Å². The highest BCUT2D eigenvalue weighted by molar-refractivity contribution is 6.30. The van der Waals surface area contributed by atoms with Gasteiger partial charge in [-0.05, 0) is 32.9 Å². The molecule has 0 atom stereocenters. The Kier molecular flexibility index (Phi) is 5.21. The Hall–Kier alpha value is -1.95. The Morgan fingerprint density at radius 2 is 2.00 bits per heavy atom. The van der Waals surface area contributed by atoms with Crippen LogP contribution in [0.3, 0.4) is 0 Å². The Labute approximate surface area is 121 Å². The maximum atomic E-state index is 11.7. The Morgan fingerprint density at radius 1 is 1.35 bits per heavy atom. The minimum absolute atomic E-state index is 0.158. The number of hydrogen-bond donors (Lipinski definition) is 2. The van der Waals surface area contributed by atoms with Crippen LogP contribution in [0.4, 0.5) is 10.5 Å². The second-order valence-corrected chi connectivity index (χ2v) is 5.39. The summed E-state index contributed by atoms with van der Waals surface area (Å²) in [4.78, 5) is 22.2. The normalized spacial score (nSPS) is 10.8. The number of carboxylic acid groups (broad SMARTS) is 1. The SMILES string of the molecule is CC(C)(C)OC(=O)Nc1ccc(Cl)cc1OCC(=O)O. The highest BCUT2D eigenvalue weighted by Gasteiger charge is 2.18. The molecule has 20 heavy (non-hydrogen) atoms. The molecule has 1 aromatic carbocycles. The monoisotopic (exact) mass is 301 g/mol. The molecule has 0 unspecified atom stereocenters. The Balaban J connectivity index is 2.83. The van der Waals surface area contributed by atoms with Crippen molar-refractivity contribution < 1.29 is 24.2 Å². The molecule has 1 rings (SSSR count). The van der Waals surface area contributed by atoms with Crippen LogP contribution in [0.1, 0.15) is 20.8 Å². The van der Waals surface area contributed by atoms with Crippen LogP contribution in [-0.4, -0.2) is 29.4 Å². The summed E-state index contributed by atoms with van der Waals surface area (Å²) < 4.78 is 10.2. The summed E-state index contributed by atoms with van der Waals surface area (Å²) in [5.74, 6) is -0.973. The molecule has 6 nitrogen and oxygen atoms in total. The number of benzene rings is 1. The van der Waals surface area contributed by atoms with Crippen LogP contribution in [0.25, 0.3) is 0 Å². The van der Waals surface area contributed by atoms with Crippen molar-refractivity contribution >= 4 is 29.4 Å². The number of hydrogen-bond acceptors (Lipinski definition) is 4. The van der Waals surface area contributed by atoms with E-state index < -0.39 is 24.3 Å². The van der Waals surface area contributed by atoms with Crippen LogP contribution >= 0.6 is 11.6 Å². The summed E-state index contributed by atoms with van der Waals surface area (Å²) in [5.41, 5.74) is -0.358. The van der Waals surface area contributed by atoms with Gasteiger partial charge in [-0.15, -0.1) is 0 Å². The molecule has 0 saturated heterocycles. The van der Waals surface area contributed by atoms with E-state index in [4.69, 9.17) is 26.2 Å². The van der Waals surface area contributed by atoms with Crippen molar-refractivity contribution in [1.29, 1.82) is 0 Å².